The predicted molar refractivity (Wildman–Crippen MR) is 105 cm³/mol. The Bertz CT molecular complexity index is 1020. The Morgan fingerprint density at radius 3 is 2.22 bits per heavy atom. The van der Waals surface area contributed by atoms with Gasteiger partial charge in [0, 0.05) is 13.1 Å². The van der Waals surface area contributed by atoms with E-state index in [2.05, 4.69) is 4.72 Å². The minimum Gasteiger partial charge on any atom is -0.495 e. The Morgan fingerprint density at radius 1 is 1.04 bits per heavy atom. The number of rotatable bonds is 8. The lowest BCUT2D eigenvalue weighted by atomic mass is 10.3. The first-order chi connectivity index (χ1) is 12.7. The number of nitrogens with zero attached hydrogens (tertiary/aromatic N) is 1. The molecule has 0 aliphatic rings. The zero-order valence-corrected chi connectivity index (χ0v) is 17.5. The quantitative estimate of drug-likeness (QED) is 0.691. The normalized spacial score (nSPS) is 12.2. The smallest absolute Gasteiger partial charge is 0.263 e. The van der Waals surface area contributed by atoms with Gasteiger partial charge in [-0.1, -0.05) is 37.6 Å². The van der Waals surface area contributed by atoms with Crippen LogP contribution in [0.15, 0.2) is 52.3 Å². The van der Waals surface area contributed by atoms with Gasteiger partial charge >= 0.3 is 0 Å². The molecule has 0 fully saturated rings. The van der Waals surface area contributed by atoms with Crippen molar-refractivity contribution in [3.63, 3.8) is 0 Å². The fourth-order valence-electron chi connectivity index (χ4n) is 2.50. The van der Waals surface area contributed by atoms with Crippen molar-refractivity contribution < 1.29 is 21.6 Å². The summed E-state index contributed by atoms with van der Waals surface area (Å²) in [5, 5.41) is 0.0517. The van der Waals surface area contributed by atoms with Crippen LogP contribution in [0.25, 0.3) is 0 Å². The lowest BCUT2D eigenvalue weighted by molar-refractivity contribution is 0.416. The number of nitrogens with one attached hydrogen (secondary N) is 1. The van der Waals surface area contributed by atoms with Crippen molar-refractivity contribution in [2.24, 2.45) is 0 Å². The summed E-state index contributed by atoms with van der Waals surface area (Å²) in [5.41, 5.74) is 0.00523. The molecular formula is C17H21ClN2O5S2. The van der Waals surface area contributed by atoms with E-state index < -0.39 is 20.0 Å². The molecule has 148 valence electrons. The molecule has 2 aromatic rings. The fourth-order valence-corrected chi connectivity index (χ4v) is 5.57. The summed E-state index contributed by atoms with van der Waals surface area (Å²) in [7, 11) is -6.44. The van der Waals surface area contributed by atoms with Crippen molar-refractivity contribution in [3.8, 4) is 5.75 Å². The standard InChI is InChI=1S/C17H21ClN2O5S2/c1-4-20(5-2)27(23,24)13-10-11-16(25-3)15(12-13)19-26(21,22)17-9-7-6-8-14(17)18/h6-12,19H,4-5H2,1-3H3. The van der Waals surface area contributed by atoms with E-state index in [0.29, 0.717) is 13.1 Å². The lowest BCUT2D eigenvalue weighted by Gasteiger charge is -2.20. The summed E-state index contributed by atoms with van der Waals surface area (Å²) >= 11 is 5.98. The molecule has 7 nitrogen and oxygen atoms in total. The van der Waals surface area contributed by atoms with Crippen molar-refractivity contribution in [1.82, 2.24) is 4.31 Å². The van der Waals surface area contributed by atoms with E-state index in [4.69, 9.17) is 16.3 Å². The van der Waals surface area contributed by atoms with Crippen LogP contribution >= 0.6 is 11.6 Å². The minimum atomic E-state index is -4.04. The molecule has 0 saturated carbocycles. The molecule has 0 radical (unpaired) electrons. The molecule has 27 heavy (non-hydrogen) atoms. The highest BCUT2D eigenvalue weighted by Crippen LogP contribution is 2.32. The summed E-state index contributed by atoms with van der Waals surface area (Å²) in [6, 6.07) is 9.97. The molecule has 0 spiro atoms. The van der Waals surface area contributed by atoms with Gasteiger partial charge < -0.3 is 4.74 Å². The second kappa shape index (κ2) is 8.47. The van der Waals surface area contributed by atoms with Gasteiger partial charge in [-0.15, -0.1) is 0 Å². The molecule has 0 heterocycles. The largest absolute Gasteiger partial charge is 0.495 e. The molecule has 2 rings (SSSR count). The molecule has 0 bridgehead atoms. The third kappa shape index (κ3) is 4.55. The monoisotopic (exact) mass is 432 g/mol. The molecule has 1 N–H and O–H groups in total. The molecule has 0 aliphatic heterocycles. The minimum absolute atomic E-state index is 0.00523. The Morgan fingerprint density at radius 2 is 1.67 bits per heavy atom. The van der Waals surface area contributed by atoms with Crippen molar-refractivity contribution in [2.45, 2.75) is 23.6 Å². The Balaban J connectivity index is 2.52. The van der Waals surface area contributed by atoms with Crippen molar-refractivity contribution in [2.75, 3.05) is 24.9 Å². The van der Waals surface area contributed by atoms with Crippen LogP contribution in [0.4, 0.5) is 5.69 Å². The number of hydrogen-bond donors (Lipinski definition) is 1. The number of sulfonamides is 2. The highest BCUT2D eigenvalue weighted by Gasteiger charge is 2.25. The van der Waals surface area contributed by atoms with Gasteiger partial charge in [0.25, 0.3) is 10.0 Å². The van der Waals surface area contributed by atoms with Crippen molar-refractivity contribution in [3.05, 3.63) is 47.5 Å². The van der Waals surface area contributed by atoms with Crippen LogP contribution in [-0.4, -0.2) is 41.3 Å². The van der Waals surface area contributed by atoms with E-state index in [1.165, 1.54) is 41.7 Å². The maximum atomic E-state index is 12.7. The topological polar surface area (TPSA) is 92.8 Å². The van der Waals surface area contributed by atoms with Crippen LogP contribution in [0.2, 0.25) is 5.02 Å². The number of hydrogen-bond acceptors (Lipinski definition) is 5. The third-order valence-corrected chi connectivity index (χ3v) is 7.80. The maximum absolute atomic E-state index is 12.7. The summed E-state index contributed by atoms with van der Waals surface area (Å²) in [6.07, 6.45) is 0. The first-order valence-corrected chi connectivity index (χ1v) is 11.4. The molecule has 0 saturated heterocycles. The average Bonchev–Trinajstić information content (AvgIpc) is 2.62. The number of halogens is 1. The first-order valence-electron chi connectivity index (χ1n) is 8.13. The molecular weight excluding hydrogens is 412 g/mol. The van der Waals surface area contributed by atoms with Gasteiger partial charge in [-0.2, -0.15) is 4.31 Å². The summed E-state index contributed by atoms with van der Waals surface area (Å²) in [5.74, 6) is 0.184. The van der Waals surface area contributed by atoms with Gasteiger partial charge in [0.2, 0.25) is 10.0 Å². The highest BCUT2D eigenvalue weighted by molar-refractivity contribution is 7.93. The second-order valence-corrected chi connectivity index (χ2v) is 9.48. The molecule has 0 aromatic heterocycles. The Hall–Kier alpha value is -1.81. The van der Waals surface area contributed by atoms with Crippen LogP contribution < -0.4 is 9.46 Å². The van der Waals surface area contributed by atoms with Gasteiger partial charge in [0.05, 0.1) is 22.7 Å². The van der Waals surface area contributed by atoms with E-state index in [1.54, 1.807) is 26.0 Å². The highest BCUT2D eigenvalue weighted by atomic mass is 35.5. The molecule has 2 aromatic carbocycles. The van der Waals surface area contributed by atoms with Gasteiger partial charge in [-0.25, -0.2) is 16.8 Å². The zero-order valence-electron chi connectivity index (χ0n) is 15.1. The summed E-state index contributed by atoms with van der Waals surface area (Å²) in [6.45, 7) is 4.05. The maximum Gasteiger partial charge on any atom is 0.263 e. The second-order valence-electron chi connectivity index (χ2n) is 5.49. The molecule has 10 heteroatoms. The van der Waals surface area contributed by atoms with Crippen molar-refractivity contribution in [1.29, 1.82) is 0 Å². The van der Waals surface area contributed by atoms with E-state index in [1.807, 2.05) is 0 Å². The summed E-state index contributed by atoms with van der Waals surface area (Å²) < 4.78 is 59.6. The van der Waals surface area contributed by atoms with Crippen LogP contribution in [0.3, 0.4) is 0 Å². The van der Waals surface area contributed by atoms with Crippen LogP contribution in [0.5, 0.6) is 5.75 Å². The van der Waals surface area contributed by atoms with Gasteiger partial charge in [-0.05, 0) is 30.3 Å². The lowest BCUT2D eigenvalue weighted by Crippen LogP contribution is -2.30. The Kier molecular flexibility index (Phi) is 6.74. The van der Waals surface area contributed by atoms with Crippen LogP contribution in [-0.2, 0) is 20.0 Å². The molecule has 0 atom stereocenters. The van der Waals surface area contributed by atoms with E-state index in [-0.39, 0.29) is 26.3 Å². The van der Waals surface area contributed by atoms with Gasteiger partial charge in [0.1, 0.15) is 10.6 Å². The first kappa shape index (κ1) is 21.5. The van der Waals surface area contributed by atoms with E-state index in [9.17, 15) is 16.8 Å². The SMILES string of the molecule is CCN(CC)S(=O)(=O)c1ccc(OC)c(NS(=O)(=O)c2ccccc2Cl)c1. The third-order valence-electron chi connectivity index (χ3n) is 3.88. The van der Waals surface area contributed by atoms with Crippen LogP contribution in [0.1, 0.15) is 13.8 Å². The van der Waals surface area contributed by atoms with E-state index >= 15 is 0 Å². The molecule has 0 unspecified atom stereocenters. The number of anilines is 1. The van der Waals surface area contributed by atoms with Crippen molar-refractivity contribution >= 4 is 37.3 Å². The van der Waals surface area contributed by atoms with Crippen LogP contribution in [0, 0.1) is 0 Å². The fraction of sp³-hybridized carbons (Fsp3) is 0.294. The number of methoxy groups -OCH3 is 1. The number of benzene rings is 2. The number of ether oxygens (including phenoxy) is 1. The van der Waals surface area contributed by atoms with Gasteiger partial charge in [0.15, 0.2) is 0 Å². The molecule has 0 amide bonds. The average molecular weight is 433 g/mol. The van der Waals surface area contributed by atoms with Gasteiger partial charge in [-0.3, -0.25) is 4.72 Å². The molecule has 0 aliphatic carbocycles. The van der Waals surface area contributed by atoms with E-state index in [0.717, 1.165) is 0 Å². The zero-order chi connectivity index (χ0) is 20.2. The predicted octanol–water partition coefficient (Wildman–Crippen LogP) is 3.18. The summed E-state index contributed by atoms with van der Waals surface area (Å²) in [4.78, 5) is -0.158. The Labute approximate surface area is 165 Å².